The van der Waals surface area contributed by atoms with E-state index in [4.69, 9.17) is 0 Å². The molecule has 0 spiro atoms. The minimum absolute atomic E-state index is 0.927. The lowest BCUT2D eigenvalue weighted by Gasteiger charge is -2.04. The first-order valence-electron chi connectivity index (χ1n) is 5.50. The van der Waals surface area contributed by atoms with Crippen LogP contribution in [0.3, 0.4) is 0 Å². The maximum absolute atomic E-state index is 4.42. The van der Waals surface area contributed by atoms with Gasteiger partial charge in [0.15, 0.2) is 0 Å². The van der Waals surface area contributed by atoms with Gasteiger partial charge >= 0.3 is 0 Å². The third-order valence-corrected chi connectivity index (χ3v) is 4.46. The zero-order valence-electron chi connectivity index (χ0n) is 10.1. The van der Waals surface area contributed by atoms with Crippen LogP contribution in [0.5, 0.6) is 0 Å². The molecule has 0 aliphatic carbocycles. The Hall–Kier alpha value is -0.840. The highest BCUT2D eigenvalue weighted by Gasteiger charge is 2.03. The third-order valence-electron chi connectivity index (χ3n) is 2.21. The van der Waals surface area contributed by atoms with E-state index in [1.165, 1.54) is 14.8 Å². The van der Waals surface area contributed by atoms with Crippen LogP contribution in [-0.2, 0) is 12.3 Å². The van der Waals surface area contributed by atoms with E-state index in [1.54, 1.807) is 11.3 Å². The fraction of sp³-hybridized carbons (Fsp3) is 0.308. The molecule has 1 aromatic heterocycles. The summed E-state index contributed by atoms with van der Waals surface area (Å²) in [6.07, 6.45) is 1.98. The van der Waals surface area contributed by atoms with Crippen molar-refractivity contribution >= 4 is 23.1 Å². The normalized spacial score (nSPS) is 11.0. The number of benzene rings is 1. The predicted molar refractivity (Wildman–Crippen MR) is 75.5 cm³/mol. The summed E-state index contributed by atoms with van der Waals surface area (Å²) in [4.78, 5) is 6.57. The lowest BCUT2D eigenvalue weighted by Crippen LogP contribution is -2.09. The van der Waals surface area contributed by atoms with Crippen LogP contribution >= 0.6 is 23.1 Å². The van der Waals surface area contributed by atoms with Crippen molar-refractivity contribution in [2.45, 2.75) is 16.5 Å². The summed E-state index contributed by atoms with van der Waals surface area (Å²) in [6, 6.07) is 10.5. The van der Waals surface area contributed by atoms with E-state index in [2.05, 4.69) is 54.3 Å². The van der Waals surface area contributed by atoms with Gasteiger partial charge in [0, 0.05) is 12.3 Å². The van der Waals surface area contributed by atoms with Gasteiger partial charge < -0.3 is 4.90 Å². The van der Waals surface area contributed by atoms with Crippen molar-refractivity contribution in [2.24, 2.45) is 0 Å². The molecule has 0 fully saturated rings. The largest absolute Gasteiger partial charge is 0.303 e. The number of hydrogen-bond donors (Lipinski definition) is 0. The Labute approximate surface area is 111 Å². The van der Waals surface area contributed by atoms with Crippen LogP contribution < -0.4 is 0 Å². The van der Waals surface area contributed by atoms with Crippen molar-refractivity contribution in [3.05, 3.63) is 47.1 Å². The molecule has 0 saturated carbocycles. The Morgan fingerprint density at radius 3 is 2.71 bits per heavy atom. The first-order chi connectivity index (χ1) is 8.24. The monoisotopic (exact) mass is 264 g/mol. The fourth-order valence-electron chi connectivity index (χ4n) is 1.43. The number of aromatic nitrogens is 1. The smallest absolute Gasteiger partial charge is 0.108 e. The summed E-state index contributed by atoms with van der Waals surface area (Å²) in [7, 11) is 4.14. The molecule has 0 N–H and O–H groups in total. The first-order valence-corrected chi connectivity index (χ1v) is 7.30. The van der Waals surface area contributed by atoms with Crippen molar-refractivity contribution in [3.63, 3.8) is 0 Å². The Kier molecular flexibility index (Phi) is 4.59. The molecule has 0 radical (unpaired) electrons. The Morgan fingerprint density at radius 1 is 1.24 bits per heavy atom. The molecule has 0 unspecified atom stereocenters. The highest BCUT2D eigenvalue weighted by molar-refractivity contribution is 8.00. The van der Waals surface area contributed by atoms with Gasteiger partial charge in [0.1, 0.15) is 5.01 Å². The molecule has 1 heterocycles. The molecule has 2 rings (SSSR count). The predicted octanol–water partition coefficient (Wildman–Crippen LogP) is 3.50. The third kappa shape index (κ3) is 4.15. The Balaban J connectivity index is 1.89. The van der Waals surface area contributed by atoms with E-state index in [9.17, 15) is 0 Å². The molecule has 4 heteroatoms. The maximum Gasteiger partial charge on any atom is 0.108 e. The topological polar surface area (TPSA) is 16.1 Å². The molecule has 90 valence electrons. The number of thiazole rings is 1. The summed E-state index contributed by atoms with van der Waals surface area (Å²) >= 11 is 3.65. The average molecular weight is 264 g/mol. The summed E-state index contributed by atoms with van der Waals surface area (Å²) in [5, 5.41) is 1.19. The van der Waals surface area contributed by atoms with Crippen LogP contribution in [0, 0.1) is 0 Å². The molecule has 2 nitrogen and oxygen atoms in total. The van der Waals surface area contributed by atoms with Crippen LogP contribution in [0.4, 0.5) is 0 Å². The standard InChI is InChI=1S/C13H16N2S2/c1-15(2)9-12-14-8-13(17-12)16-10-11-6-4-3-5-7-11/h3-8H,9-10H2,1-2H3. The zero-order chi connectivity index (χ0) is 12.1. The Morgan fingerprint density at radius 2 is 2.00 bits per heavy atom. The van der Waals surface area contributed by atoms with Gasteiger partial charge in [0.25, 0.3) is 0 Å². The molecule has 0 atom stereocenters. The van der Waals surface area contributed by atoms with Crippen molar-refractivity contribution in [3.8, 4) is 0 Å². The second kappa shape index (κ2) is 6.19. The summed E-state index contributed by atoms with van der Waals surface area (Å²) in [6.45, 7) is 0.927. The minimum Gasteiger partial charge on any atom is -0.303 e. The van der Waals surface area contributed by atoms with Crippen LogP contribution in [0.25, 0.3) is 0 Å². The van der Waals surface area contributed by atoms with Gasteiger partial charge in [-0.2, -0.15) is 0 Å². The molecular weight excluding hydrogens is 248 g/mol. The van der Waals surface area contributed by atoms with E-state index >= 15 is 0 Å². The SMILES string of the molecule is CN(C)Cc1ncc(SCc2ccccc2)s1. The van der Waals surface area contributed by atoms with E-state index in [-0.39, 0.29) is 0 Å². The molecule has 0 amide bonds. The second-order valence-corrected chi connectivity index (χ2v) is 6.48. The lowest BCUT2D eigenvalue weighted by molar-refractivity contribution is 0.401. The van der Waals surface area contributed by atoms with E-state index in [0.717, 1.165) is 12.3 Å². The van der Waals surface area contributed by atoms with Gasteiger partial charge in [-0.1, -0.05) is 30.3 Å². The van der Waals surface area contributed by atoms with Gasteiger partial charge in [0.2, 0.25) is 0 Å². The molecule has 1 aromatic carbocycles. The van der Waals surface area contributed by atoms with E-state index in [0.29, 0.717) is 0 Å². The summed E-state index contributed by atoms with van der Waals surface area (Å²) in [5.74, 6) is 1.02. The molecule has 17 heavy (non-hydrogen) atoms. The molecule has 0 bridgehead atoms. The van der Waals surface area contributed by atoms with Gasteiger partial charge in [-0.25, -0.2) is 4.98 Å². The van der Waals surface area contributed by atoms with Crippen LogP contribution in [0.15, 0.2) is 40.7 Å². The van der Waals surface area contributed by atoms with Crippen molar-refractivity contribution in [1.82, 2.24) is 9.88 Å². The number of rotatable bonds is 5. The van der Waals surface area contributed by atoms with Crippen LogP contribution in [-0.4, -0.2) is 24.0 Å². The van der Waals surface area contributed by atoms with E-state index < -0.39 is 0 Å². The van der Waals surface area contributed by atoms with Gasteiger partial charge in [-0.3, -0.25) is 0 Å². The maximum atomic E-state index is 4.42. The van der Waals surface area contributed by atoms with Gasteiger partial charge in [0.05, 0.1) is 10.4 Å². The molecule has 0 saturated heterocycles. The molecule has 2 aromatic rings. The van der Waals surface area contributed by atoms with Gasteiger partial charge in [-0.15, -0.1) is 23.1 Å². The summed E-state index contributed by atoms with van der Waals surface area (Å²) in [5.41, 5.74) is 1.36. The molecular formula is C13H16N2S2. The van der Waals surface area contributed by atoms with Crippen molar-refractivity contribution in [1.29, 1.82) is 0 Å². The van der Waals surface area contributed by atoms with Crippen molar-refractivity contribution in [2.75, 3.05) is 14.1 Å². The number of nitrogens with zero attached hydrogens (tertiary/aromatic N) is 2. The molecule has 0 aliphatic heterocycles. The zero-order valence-corrected chi connectivity index (χ0v) is 11.7. The highest BCUT2D eigenvalue weighted by atomic mass is 32.2. The van der Waals surface area contributed by atoms with Crippen LogP contribution in [0.2, 0.25) is 0 Å². The number of hydrogen-bond acceptors (Lipinski definition) is 4. The minimum atomic E-state index is 0.927. The van der Waals surface area contributed by atoms with Crippen molar-refractivity contribution < 1.29 is 0 Å². The highest BCUT2D eigenvalue weighted by Crippen LogP contribution is 2.28. The molecule has 0 aliphatic rings. The fourth-order valence-corrected chi connectivity index (χ4v) is 3.53. The van der Waals surface area contributed by atoms with E-state index in [1.807, 2.05) is 18.0 Å². The number of thioether (sulfide) groups is 1. The first kappa shape index (κ1) is 12.6. The quantitative estimate of drug-likeness (QED) is 0.769. The average Bonchev–Trinajstić information content (AvgIpc) is 2.75. The lowest BCUT2D eigenvalue weighted by atomic mass is 10.2. The summed E-state index contributed by atoms with van der Waals surface area (Å²) < 4.78 is 1.30. The van der Waals surface area contributed by atoms with Crippen LogP contribution in [0.1, 0.15) is 10.6 Å². The Bertz CT molecular complexity index is 451. The second-order valence-electron chi connectivity index (χ2n) is 4.09. The van der Waals surface area contributed by atoms with Gasteiger partial charge in [-0.05, 0) is 19.7 Å².